The van der Waals surface area contributed by atoms with E-state index in [1.54, 1.807) is 30.7 Å². The summed E-state index contributed by atoms with van der Waals surface area (Å²) in [5.41, 5.74) is -0.893. The number of likely N-dealkylation sites (N-methyl/N-ethyl adjacent to an activating group) is 1. The van der Waals surface area contributed by atoms with E-state index in [4.69, 9.17) is 0 Å². The summed E-state index contributed by atoms with van der Waals surface area (Å²) in [5, 5.41) is 9.21. The third kappa shape index (κ3) is 2.27. The molecule has 112 valence electrons. The highest BCUT2D eigenvalue weighted by Crippen LogP contribution is 2.35. The fourth-order valence-corrected chi connectivity index (χ4v) is 3.35. The van der Waals surface area contributed by atoms with Crippen molar-refractivity contribution in [2.24, 2.45) is 11.8 Å². The highest BCUT2D eigenvalue weighted by Gasteiger charge is 2.47. The molecule has 2 rings (SSSR count). The van der Waals surface area contributed by atoms with E-state index in [0.29, 0.717) is 25.9 Å². The third-order valence-electron chi connectivity index (χ3n) is 4.62. The van der Waals surface area contributed by atoms with Gasteiger partial charge in [-0.15, -0.1) is 0 Å². The smallest absolute Gasteiger partial charge is 0.307 e. The van der Waals surface area contributed by atoms with Crippen molar-refractivity contribution in [2.45, 2.75) is 38.6 Å². The molecule has 0 radical (unpaired) electrons. The Morgan fingerprint density at radius 1 is 1.20 bits per heavy atom. The van der Waals surface area contributed by atoms with E-state index in [2.05, 4.69) is 0 Å². The Labute approximate surface area is 118 Å². The molecule has 2 fully saturated rings. The number of hydrogen-bond acceptors (Lipinski definition) is 3. The Bertz CT molecular complexity index is 446. The van der Waals surface area contributed by atoms with Gasteiger partial charge in [0.15, 0.2) is 0 Å². The lowest BCUT2D eigenvalue weighted by Crippen LogP contribution is -2.64. The Morgan fingerprint density at radius 2 is 1.80 bits per heavy atom. The summed E-state index contributed by atoms with van der Waals surface area (Å²) in [6.07, 6.45) is 1.91. The number of amides is 2. The molecule has 0 bridgehead atoms. The maximum Gasteiger partial charge on any atom is 0.307 e. The van der Waals surface area contributed by atoms with Crippen LogP contribution in [-0.4, -0.2) is 58.4 Å². The molecular weight excluding hydrogens is 260 g/mol. The van der Waals surface area contributed by atoms with Gasteiger partial charge in [0, 0.05) is 20.1 Å². The van der Waals surface area contributed by atoms with Crippen LogP contribution in [0, 0.1) is 11.8 Å². The SMILES string of the molecule is CN1CCN(C(=O)C2CCCC2C(=O)O)C(C)(C)C1=O. The van der Waals surface area contributed by atoms with Crippen LogP contribution in [0.25, 0.3) is 0 Å². The summed E-state index contributed by atoms with van der Waals surface area (Å²) >= 11 is 0. The topological polar surface area (TPSA) is 77.9 Å². The van der Waals surface area contributed by atoms with Crippen LogP contribution in [0.1, 0.15) is 33.1 Å². The predicted octanol–water partition coefficient (Wildman–Crippen LogP) is 0.566. The van der Waals surface area contributed by atoms with Gasteiger partial charge in [0.05, 0.1) is 11.8 Å². The molecule has 1 aliphatic heterocycles. The van der Waals surface area contributed by atoms with Gasteiger partial charge < -0.3 is 14.9 Å². The number of carboxylic acids is 1. The summed E-state index contributed by atoms with van der Waals surface area (Å²) in [5.74, 6) is -2.27. The number of nitrogens with zero attached hydrogens (tertiary/aromatic N) is 2. The van der Waals surface area contributed by atoms with E-state index >= 15 is 0 Å². The largest absolute Gasteiger partial charge is 0.481 e. The van der Waals surface area contributed by atoms with Crippen molar-refractivity contribution >= 4 is 17.8 Å². The minimum atomic E-state index is -0.904. The molecule has 1 heterocycles. The average molecular weight is 282 g/mol. The second-order valence-electron chi connectivity index (χ2n) is 6.26. The van der Waals surface area contributed by atoms with Crippen LogP contribution in [0.15, 0.2) is 0 Å². The van der Waals surface area contributed by atoms with Crippen molar-refractivity contribution in [1.82, 2.24) is 9.80 Å². The van der Waals surface area contributed by atoms with E-state index in [9.17, 15) is 19.5 Å². The first-order valence-corrected chi connectivity index (χ1v) is 7.06. The summed E-state index contributed by atoms with van der Waals surface area (Å²) in [6.45, 7) is 4.43. The molecule has 2 atom stereocenters. The zero-order valence-electron chi connectivity index (χ0n) is 12.3. The number of aliphatic carboxylic acids is 1. The number of carbonyl (C=O) groups excluding carboxylic acids is 2. The normalized spacial score (nSPS) is 29.6. The van der Waals surface area contributed by atoms with Gasteiger partial charge in [0.1, 0.15) is 5.54 Å². The molecule has 2 aliphatic rings. The first-order chi connectivity index (χ1) is 9.26. The van der Waals surface area contributed by atoms with Crippen LogP contribution >= 0.6 is 0 Å². The van der Waals surface area contributed by atoms with E-state index in [0.717, 1.165) is 6.42 Å². The van der Waals surface area contributed by atoms with Crippen molar-refractivity contribution in [3.8, 4) is 0 Å². The summed E-state index contributed by atoms with van der Waals surface area (Å²) in [4.78, 5) is 39.3. The van der Waals surface area contributed by atoms with Gasteiger partial charge in [0.25, 0.3) is 0 Å². The first-order valence-electron chi connectivity index (χ1n) is 7.06. The Hall–Kier alpha value is -1.59. The van der Waals surface area contributed by atoms with Crippen molar-refractivity contribution < 1.29 is 19.5 Å². The van der Waals surface area contributed by atoms with Gasteiger partial charge in [-0.3, -0.25) is 14.4 Å². The standard InChI is InChI=1S/C14H22N2O4/c1-14(2)13(20)15(3)7-8-16(14)11(17)9-5-4-6-10(9)12(18)19/h9-10H,4-8H2,1-3H3,(H,18,19). The number of carboxylic acid groups (broad SMARTS) is 1. The molecule has 2 unspecified atom stereocenters. The average Bonchev–Trinajstić information content (AvgIpc) is 2.85. The molecule has 1 N–H and O–H groups in total. The van der Waals surface area contributed by atoms with E-state index in [1.807, 2.05) is 0 Å². The third-order valence-corrected chi connectivity index (χ3v) is 4.62. The van der Waals surface area contributed by atoms with E-state index in [-0.39, 0.29) is 11.8 Å². The number of hydrogen-bond donors (Lipinski definition) is 1. The molecule has 6 heteroatoms. The van der Waals surface area contributed by atoms with Gasteiger partial charge in [-0.1, -0.05) is 6.42 Å². The monoisotopic (exact) mass is 282 g/mol. The quantitative estimate of drug-likeness (QED) is 0.803. The molecule has 1 saturated heterocycles. The first kappa shape index (κ1) is 14.8. The predicted molar refractivity (Wildman–Crippen MR) is 71.9 cm³/mol. The van der Waals surface area contributed by atoms with Crippen molar-refractivity contribution in [3.63, 3.8) is 0 Å². The Morgan fingerprint density at radius 3 is 2.40 bits per heavy atom. The van der Waals surface area contributed by atoms with Crippen LogP contribution in [0.4, 0.5) is 0 Å². The lowest BCUT2D eigenvalue weighted by molar-refractivity contribution is -0.162. The number of carbonyl (C=O) groups is 3. The molecular formula is C14H22N2O4. The van der Waals surface area contributed by atoms with Gasteiger partial charge in [-0.2, -0.15) is 0 Å². The van der Waals surface area contributed by atoms with Crippen LogP contribution in [0.2, 0.25) is 0 Å². The maximum atomic E-state index is 12.7. The Balaban J connectivity index is 2.20. The van der Waals surface area contributed by atoms with E-state index < -0.39 is 23.3 Å². The van der Waals surface area contributed by atoms with Crippen LogP contribution in [0.5, 0.6) is 0 Å². The number of rotatable bonds is 2. The zero-order valence-corrected chi connectivity index (χ0v) is 12.3. The summed E-state index contributed by atoms with van der Waals surface area (Å²) in [7, 11) is 1.72. The highest BCUT2D eigenvalue weighted by molar-refractivity contribution is 5.93. The molecule has 0 aromatic heterocycles. The van der Waals surface area contributed by atoms with Crippen molar-refractivity contribution in [1.29, 1.82) is 0 Å². The second-order valence-corrected chi connectivity index (χ2v) is 6.26. The number of piperazine rings is 1. The minimum absolute atomic E-state index is 0.0954. The molecule has 1 aliphatic carbocycles. The lowest BCUT2D eigenvalue weighted by Gasteiger charge is -2.46. The molecule has 0 aromatic carbocycles. The lowest BCUT2D eigenvalue weighted by atomic mass is 9.90. The minimum Gasteiger partial charge on any atom is -0.481 e. The molecule has 2 amide bonds. The highest BCUT2D eigenvalue weighted by atomic mass is 16.4. The summed E-state index contributed by atoms with van der Waals surface area (Å²) < 4.78 is 0. The second kappa shape index (κ2) is 5.07. The van der Waals surface area contributed by atoms with Crippen LogP contribution < -0.4 is 0 Å². The molecule has 0 spiro atoms. The fraction of sp³-hybridized carbons (Fsp3) is 0.786. The zero-order chi connectivity index (χ0) is 15.1. The van der Waals surface area contributed by atoms with Crippen LogP contribution in [-0.2, 0) is 14.4 Å². The maximum absolute atomic E-state index is 12.7. The molecule has 6 nitrogen and oxygen atoms in total. The molecule has 0 aromatic rings. The Kier molecular flexibility index (Phi) is 3.75. The van der Waals surface area contributed by atoms with Gasteiger partial charge in [0.2, 0.25) is 11.8 Å². The fourth-order valence-electron chi connectivity index (χ4n) is 3.35. The summed E-state index contributed by atoms with van der Waals surface area (Å²) in [6, 6.07) is 0. The van der Waals surface area contributed by atoms with Gasteiger partial charge in [-0.25, -0.2) is 0 Å². The van der Waals surface area contributed by atoms with Crippen LogP contribution in [0.3, 0.4) is 0 Å². The van der Waals surface area contributed by atoms with Gasteiger partial charge >= 0.3 is 5.97 Å². The van der Waals surface area contributed by atoms with Crippen molar-refractivity contribution in [2.75, 3.05) is 20.1 Å². The van der Waals surface area contributed by atoms with Crippen molar-refractivity contribution in [3.05, 3.63) is 0 Å². The van der Waals surface area contributed by atoms with E-state index in [1.165, 1.54) is 0 Å². The van der Waals surface area contributed by atoms with Gasteiger partial charge in [-0.05, 0) is 26.7 Å². The molecule has 1 saturated carbocycles. The molecule has 20 heavy (non-hydrogen) atoms.